The molecule has 0 unspecified atom stereocenters. The third kappa shape index (κ3) is 4.36. The Morgan fingerprint density at radius 1 is 1.14 bits per heavy atom. The summed E-state index contributed by atoms with van der Waals surface area (Å²) in [5, 5.41) is 2.37. The number of nitrogen functional groups attached to an aromatic ring is 1. The van der Waals surface area contributed by atoms with Crippen LogP contribution in [0.15, 0.2) is 53.4 Å². The van der Waals surface area contributed by atoms with Crippen LogP contribution < -0.4 is 11.1 Å². The van der Waals surface area contributed by atoms with Crippen LogP contribution in [0.1, 0.15) is 15.9 Å². The van der Waals surface area contributed by atoms with E-state index in [0.717, 1.165) is 16.1 Å². The predicted molar refractivity (Wildman–Crippen MR) is 85.2 cm³/mol. The molecule has 2 rings (SSSR count). The second-order valence-corrected chi connectivity index (χ2v) is 5.60. The van der Waals surface area contributed by atoms with Crippen LogP contribution in [-0.2, 0) is 4.79 Å². The van der Waals surface area contributed by atoms with E-state index in [2.05, 4.69) is 5.32 Å². The fraction of sp³-hybridized carbons (Fsp3) is 0.125. The molecule has 3 N–H and O–H groups in total. The van der Waals surface area contributed by atoms with Gasteiger partial charge in [0.2, 0.25) is 5.91 Å². The standard InChI is InChI=1S/C16H16N2O2S/c1-11-9-13(7-8-14(11)17)21-10-15(19)18-16(20)12-5-3-2-4-6-12/h2-9H,10,17H2,1H3,(H,18,19,20). The maximum atomic E-state index is 11.8. The van der Waals surface area contributed by atoms with Gasteiger partial charge in [0.15, 0.2) is 0 Å². The van der Waals surface area contributed by atoms with E-state index >= 15 is 0 Å². The highest BCUT2D eigenvalue weighted by molar-refractivity contribution is 8.00. The summed E-state index contributed by atoms with van der Waals surface area (Å²) in [6.07, 6.45) is 0. The van der Waals surface area contributed by atoms with Gasteiger partial charge in [0.25, 0.3) is 5.91 Å². The number of thioether (sulfide) groups is 1. The van der Waals surface area contributed by atoms with Gasteiger partial charge in [-0.2, -0.15) is 0 Å². The maximum absolute atomic E-state index is 11.8. The average Bonchev–Trinajstić information content (AvgIpc) is 2.49. The topological polar surface area (TPSA) is 72.2 Å². The van der Waals surface area contributed by atoms with E-state index in [4.69, 9.17) is 5.73 Å². The first-order valence-electron chi connectivity index (χ1n) is 6.44. The number of anilines is 1. The summed E-state index contributed by atoms with van der Waals surface area (Å²) in [6.45, 7) is 1.92. The van der Waals surface area contributed by atoms with E-state index in [1.807, 2.05) is 31.2 Å². The highest BCUT2D eigenvalue weighted by Crippen LogP contribution is 2.22. The Kier molecular flexibility index (Phi) is 5.00. The smallest absolute Gasteiger partial charge is 0.257 e. The number of carbonyl (C=O) groups excluding carboxylic acids is 2. The summed E-state index contributed by atoms with van der Waals surface area (Å²) in [7, 11) is 0. The van der Waals surface area contributed by atoms with Gasteiger partial charge in [-0.25, -0.2) is 0 Å². The molecular formula is C16H16N2O2S. The summed E-state index contributed by atoms with van der Waals surface area (Å²) in [5.74, 6) is -0.514. The fourth-order valence-electron chi connectivity index (χ4n) is 1.71. The van der Waals surface area contributed by atoms with Crippen molar-refractivity contribution in [3.63, 3.8) is 0 Å². The first-order chi connectivity index (χ1) is 10.1. The number of hydrogen-bond donors (Lipinski definition) is 2. The monoisotopic (exact) mass is 300 g/mol. The third-order valence-corrected chi connectivity index (χ3v) is 3.89. The Hall–Kier alpha value is -2.27. The van der Waals surface area contributed by atoms with Crippen molar-refractivity contribution < 1.29 is 9.59 Å². The number of carbonyl (C=O) groups is 2. The third-order valence-electron chi connectivity index (χ3n) is 2.90. The minimum Gasteiger partial charge on any atom is -0.399 e. The van der Waals surface area contributed by atoms with Crippen molar-refractivity contribution in [3.8, 4) is 0 Å². The van der Waals surface area contributed by atoms with Crippen molar-refractivity contribution in [1.29, 1.82) is 0 Å². The molecule has 108 valence electrons. The van der Waals surface area contributed by atoms with Crippen molar-refractivity contribution in [3.05, 3.63) is 59.7 Å². The molecule has 0 aliphatic heterocycles. The minimum atomic E-state index is -0.380. The molecule has 0 aromatic heterocycles. The molecule has 0 aliphatic rings. The van der Waals surface area contributed by atoms with Crippen molar-refractivity contribution in [2.75, 3.05) is 11.5 Å². The van der Waals surface area contributed by atoms with E-state index < -0.39 is 0 Å². The summed E-state index contributed by atoms with van der Waals surface area (Å²) < 4.78 is 0. The lowest BCUT2D eigenvalue weighted by Crippen LogP contribution is -2.31. The van der Waals surface area contributed by atoms with E-state index in [1.165, 1.54) is 11.8 Å². The zero-order chi connectivity index (χ0) is 15.2. The van der Waals surface area contributed by atoms with Gasteiger partial charge < -0.3 is 5.73 Å². The highest BCUT2D eigenvalue weighted by atomic mass is 32.2. The summed E-state index contributed by atoms with van der Waals surface area (Å²) in [5.41, 5.74) is 7.91. The van der Waals surface area contributed by atoms with Crippen LogP contribution >= 0.6 is 11.8 Å². The van der Waals surface area contributed by atoms with Gasteiger partial charge in [0.1, 0.15) is 0 Å². The maximum Gasteiger partial charge on any atom is 0.257 e. The Bertz CT molecular complexity index is 657. The fourth-order valence-corrected chi connectivity index (χ4v) is 2.51. The summed E-state index contributed by atoms with van der Waals surface area (Å²) >= 11 is 1.37. The minimum absolute atomic E-state index is 0.182. The number of imide groups is 1. The molecule has 0 bridgehead atoms. The van der Waals surface area contributed by atoms with Gasteiger partial charge in [-0.3, -0.25) is 14.9 Å². The molecule has 2 aromatic rings. The van der Waals surface area contributed by atoms with Crippen molar-refractivity contribution in [1.82, 2.24) is 5.32 Å². The van der Waals surface area contributed by atoms with Crippen molar-refractivity contribution >= 4 is 29.3 Å². The van der Waals surface area contributed by atoms with Crippen LogP contribution in [-0.4, -0.2) is 17.6 Å². The molecule has 0 heterocycles. The number of hydrogen-bond acceptors (Lipinski definition) is 4. The van der Waals surface area contributed by atoms with Gasteiger partial charge >= 0.3 is 0 Å². The van der Waals surface area contributed by atoms with Crippen molar-refractivity contribution in [2.24, 2.45) is 0 Å². The van der Waals surface area contributed by atoms with E-state index in [0.29, 0.717) is 5.56 Å². The average molecular weight is 300 g/mol. The second-order valence-electron chi connectivity index (χ2n) is 4.55. The van der Waals surface area contributed by atoms with Crippen LogP contribution in [0.3, 0.4) is 0 Å². The van der Waals surface area contributed by atoms with Gasteiger partial charge in [0, 0.05) is 16.1 Å². The molecule has 0 saturated heterocycles. The number of amides is 2. The number of rotatable bonds is 4. The van der Waals surface area contributed by atoms with Gasteiger partial charge in [-0.05, 0) is 42.8 Å². The zero-order valence-electron chi connectivity index (χ0n) is 11.6. The van der Waals surface area contributed by atoms with E-state index in [9.17, 15) is 9.59 Å². The molecule has 0 atom stereocenters. The SMILES string of the molecule is Cc1cc(SCC(=O)NC(=O)c2ccccc2)ccc1N. The Morgan fingerprint density at radius 2 is 1.86 bits per heavy atom. The number of benzene rings is 2. The van der Waals surface area contributed by atoms with Crippen LogP contribution in [0.5, 0.6) is 0 Å². The Morgan fingerprint density at radius 3 is 2.52 bits per heavy atom. The van der Waals surface area contributed by atoms with Crippen LogP contribution in [0, 0.1) is 6.92 Å². The van der Waals surface area contributed by atoms with Gasteiger partial charge in [-0.15, -0.1) is 11.8 Å². The van der Waals surface area contributed by atoms with Crippen LogP contribution in [0.4, 0.5) is 5.69 Å². The first kappa shape index (κ1) is 15.1. The lowest BCUT2D eigenvalue weighted by Gasteiger charge is -2.06. The number of nitrogens with two attached hydrogens (primary N) is 1. The molecule has 2 aromatic carbocycles. The van der Waals surface area contributed by atoms with Crippen LogP contribution in [0.25, 0.3) is 0 Å². The number of nitrogens with one attached hydrogen (secondary N) is 1. The van der Waals surface area contributed by atoms with Gasteiger partial charge in [0.05, 0.1) is 5.75 Å². The quantitative estimate of drug-likeness (QED) is 0.672. The molecule has 0 saturated carbocycles. The molecule has 4 nitrogen and oxygen atoms in total. The molecule has 21 heavy (non-hydrogen) atoms. The Balaban J connectivity index is 1.87. The van der Waals surface area contributed by atoms with Gasteiger partial charge in [-0.1, -0.05) is 18.2 Å². The van der Waals surface area contributed by atoms with E-state index in [-0.39, 0.29) is 17.6 Å². The lowest BCUT2D eigenvalue weighted by atomic mass is 10.2. The van der Waals surface area contributed by atoms with Crippen LogP contribution in [0.2, 0.25) is 0 Å². The lowest BCUT2D eigenvalue weighted by molar-refractivity contribution is -0.117. The normalized spacial score (nSPS) is 10.1. The molecule has 5 heteroatoms. The van der Waals surface area contributed by atoms with Crippen molar-refractivity contribution in [2.45, 2.75) is 11.8 Å². The van der Waals surface area contributed by atoms with E-state index in [1.54, 1.807) is 24.3 Å². The number of aryl methyl sites for hydroxylation is 1. The second kappa shape index (κ2) is 6.95. The highest BCUT2D eigenvalue weighted by Gasteiger charge is 2.10. The molecule has 2 amide bonds. The summed E-state index contributed by atoms with van der Waals surface area (Å²) in [6, 6.07) is 14.3. The molecular weight excluding hydrogens is 284 g/mol. The zero-order valence-corrected chi connectivity index (χ0v) is 12.4. The molecule has 0 fully saturated rings. The molecule has 0 aliphatic carbocycles. The first-order valence-corrected chi connectivity index (χ1v) is 7.43. The molecule has 0 radical (unpaired) electrons. The predicted octanol–water partition coefficient (Wildman–Crippen LogP) is 2.63. The summed E-state index contributed by atoms with van der Waals surface area (Å²) in [4.78, 5) is 24.5. The Labute approximate surface area is 127 Å². The largest absolute Gasteiger partial charge is 0.399 e. The molecule has 0 spiro atoms.